The van der Waals surface area contributed by atoms with E-state index in [9.17, 15) is 33.0 Å². The molecule has 5 atom stereocenters. The molecule has 3 aromatic rings. The second-order valence-electron chi connectivity index (χ2n) is 10.2. The number of carbonyl (C=O) groups excluding carboxylic acids is 2. The molecule has 0 spiro atoms. The summed E-state index contributed by atoms with van der Waals surface area (Å²) in [5.41, 5.74) is -1.12. The van der Waals surface area contributed by atoms with Gasteiger partial charge in [0.1, 0.15) is 42.1 Å². The van der Waals surface area contributed by atoms with Crippen molar-refractivity contribution in [2.45, 2.75) is 47.7 Å². The van der Waals surface area contributed by atoms with Crippen LogP contribution in [0, 0.1) is 17.5 Å². The Hall–Kier alpha value is -2.92. The Morgan fingerprint density at radius 1 is 1.16 bits per heavy atom. The van der Waals surface area contributed by atoms with Gasteiger partial charge in [0.15, 0.2) is 17.5 Å². The number of carbonyl (C=O) groups is 2. The lowest BCUT2D eigenvalue weighted by Crippen LogP contribution is -2.62. The monoisotopic (exact) mass is 675 g/mol. The quantitative estimate of drug-likeness (QED) is 0.292. The molecule has 17 heteroatoms. The molecule has 11 nitrogen and oxygen atoms in total. The molecule has 0 bridgehead atoms. The summed E-state index contributed by atoms with van der Waals surface area (Å²) < 4.78 is 54.7. The summed E-state index contributed by atoms with van der Waals surface area (Å²) in [4.78, 5) is 26.3. The van der Waals surface area contributed by atoms with Gasteiger partial charge in [-0.15, -0.1) is 5.10 Å². The number of hydrogen-bond acceptors (Lipinski definition) is 9. The second-order valence-corrected chi connectivity index (χ2v) is 12.2. The van der Waals surface area contributed by atoms with Gasteiger partial charge in [-0.3, -0.25) is 9.59 Å². The summed E-state index contributed by atoms with van der Waals surface area (Å²) in [6.45, 7) is 0.921. The fraction of sp³-hybridized carbons (Fsp3) is 0.407. The van der Waals surface area contributed by atoms with Gasteiger partial charge in [-0.1, -0.05) is 40.2 Å². The van der Waals surface area contributed by atoms with E-state index in [0.29, 0.717) is 23.0 Å². The van der Waals surface area contributed by atoms with Gasteiger partial charge in [-0.2, -0.15) is 0 Å². The maximum atomic E-state index is 13.9. The number of thioether (sulfide) groups is 1. The fourth-order valence-electron chi connectivity index (χ4n) is 4.90. The molecule has 0 unspecified atom stereocenters. The number of ether oxygens (including phenoxy) is 2. The summed E-state index contributed by atoms with van der Waals surface area (Å²) in [5, 5.41) is 32.6. The maximum Gasteiger partial charge on any atom is 0.248 e. The standard InChI is InChI=1S/C27H26Cl2F3N5O6S/c1-12(39)33-14-7-36(8-14)22(40)11-42-26-24(37-9-20(34-35-37)13-4-18(30)23(32)19(31)5-13)25(41)21(10-38)43-27(26)44-15-2-3-16(28)17(29)6-15/h2-6,9,14,21,24-27,38,41H,7-8,10-11H2,1H3,(H,33,39)/t21-,24+,25+,26-,27-/m1/s1. The summed E-state index contributed by atoms with van der Waals surface area (Å²) >= 11 is 13.4. The van der Waals surface area contributed by atoms with Gasteiger partial charge in [0, 0.05) is 30.5 Å². The van der Waals surface area contributed by atoms with Crippen LogP contribution in [0.5, 0.6) is 0 Å². The van der Waals surface area contributed by atoms with E-state index in [1.165, 1.54) is 22.7 Å². The topological polar surface area (TPSA) is 139 Å². The first-order valence-electron chi connectivity index (χ1n) is 13.2. The molecule has 2 saturated heterocycles. The molecule has 2 aromatic carbocycles. The summed E-state index contributed by atoms with van der Waals surface area (Å²) in [6.07, 6.45) is -2.43. The number of halogens is 5. The molecular weight excluding hydrogens is 650 g/mol. The van der Waals surface area contributed by atoms with Crippen LogP contribution in [0.25, 0.3) is 11.3 Å². The molecule has 3 N–H and O–H groups in total. The highest BCUT2D eigenvalue weighted by Gasteiger charge is 2.48. The molecule has 3 heterocycles. The minimum Gasteiger partial charge on any atom is -0.394 e. The van der Waals surface area contributed by atoms with E-state index in [4.69, 9.17) is 32.7 Å². The van der Waals surface area contributed by atoms with Gasteiger partial charge in [-0.05, 0) is 30.3 Å². The predicted octanol–water partition coefficient (Wildman–Crippen LogP) is 2.81. The number of hydrogen-bond donors (Lipinski definition) is 3. The Kier molecular flexibility index (Phi) is 10.0. The molecule has 0 saturated carbocycles. The van der Waals surface area contributed by atoms with Crippen molar-refractivity contribution in [1.82, 2.24) is 25.2 Å². The molecule has 236 valence electrons. The van der Waals surface area contributed by atoms with Crippen molar-refractivity contribution in [2.24, 2.45) is 0 Å². The van der Waals surface area contributed by atoms with E-state index in [-0.39, 0.29) is 34.1 Å². The zero-order chi connectivity index (χ0) is 31.7. The first-order valence-corrected chi connectivity index (χ1v) is 14.9. The van der Waals surface area contributed by atoms with Crippen LogP contribution in [-0.4, -0.2) is 98.0 Å². The van der Waals surface area contributed by atoms with Crippen molar-refractivity contribution >= 4 is 46.8 Å². The zero-order valence-electron chi connectivity index (χ0n) is 22.9. The van der Waals surface area contributed by atoms with E-state index < -0.39 is 60.5 Å². The molecule has 1 aromatic heterocycles. The third-order valence-electron chi connectivity index (χ3n) is 7.10. The number of aliphatic hydroxyl groups excluding tert-OH is 2. The van der Waals surface area contributed by atoms with Crippen LogP contribution >= 0.6 is 35.0 Å². The predicted molar refractivity (Wildman–Crippen MR) is 152 cm³/mol. The molecule has 2 fully saturated rings. The number of likely N-dealkylation sites (tertiary alicyclic amines) is 1. The zero-order valence-corrected chi connectivity index (χ0v) is 25.2. The van der Waals surface area contributed by atoms with Crippen LogP contribution in [-0.2, 0) is 19.1 Å². The normalized spacial score (nSPS) is 23.8. The van der Waals surface area contributed by atoms with Gasteiger partial charge in [-0.25, -0.2) is 17.9 Å². The van der Waals surface area contributed by atoms with Crippen LogP contribution < -0.4 is 5.32 Å². The Morgan fingerprint density at radius 2 is 1.86 bits per heavy atom. The third-order valence-corrected chi connectivity index (χ3v) is 8.98. The summed E-state index contributed by atoms with van der Waals surface area (Å²) in [5.74, 6) is -5.10. The lowest BCUT2D eigenvalue weighted by Gasteiger charge is -2.44. The highest BCUT2D eigenvalue weighted by atomic mass is 35.5. The average Bonchev–Trinajstić information content (AvgIpc) is 3.44. The van der Waals surface area contributed by atoms with Crippen molar-refractivity contribution in [3.63, 3.8) is 0 Å². The van der Waals surface area contributed by atoms with Crippen LogP contribution in [0.2, 0.25) is 10.0 Å². The Bertz CT molecular complexity index is 1520. The molecule has 44 heavy (non-hydrogen) atoms. The second kappa shape index (κ2) is 13.6. The number of nitrogens with zero attached hydrogens (tertiary/aromatic N) is 4. The highest BCUT2D eigenvalue weighted by Crippen LogP contribution is 2.41. The van der Waals surface area contributed by atoms with Crippen molar-refractivity contribution in [1.29, 1.82) is 0 Å². The first kappa shape index (κ1) is 32.5. The Balaban J connectivity index is 1.44. The molecule has 2 aliphatic rings. The maximum absolute atomic E-state index is 13.9. The highest BCUT2D eigenvalue weighted by molar-refractivity contribution is 7.99. The fourth-order valence-corrected chi connectivity index (χ4v) is 6.43. The number of aromatic nitrogens is 3. The van der Waals surface area contributed by atoms with Crippen molar-refractivity contribution in [2.75, 3.05) is 26.3 Å². The van der Waals surface area contributed by atoms with Crippen LogP contribution in [0.3, 0.4) is 0 Å². The van der Waals surface area contributed by atoms with E-state index in [2.05, 4.69) is 15.6 Å². The largest absolute Gasteiger partial charge is 0.394 e. The van der Waals surface area contributed by atoms with Gasteiger partial charge in [0.2, 0.25) is 11.8 Å². The number of benzene rings is 2. The first-order chi connectivity index (χ1) is 20.9. The van der Waals surface area contributed by atoms with Gasteiger partial charge < -0.3 is 29.9 Å². The smallest absolute Gasteiger partial charge is 0.248 e. The third kappa shape index (κ3) is 6.98. The number of rotatable bonds is 9. The van der Waals surface area contributed by atoms with Crippen molar-refractivity contribution in [3.8, 4) is 11.3 Å². The molecule has 2 aliphatic heterocycles. The van der Waals surface area contributed by atoms with E-state index >= 15 is 0 Å². The van der Waals surface area contributed by atoms with Crippen LogP contribution in [0.1, 0.15) is 13.0 Å². The van der Waals surface area contributed by atoms with E-state index in [1.54, 1.807) is 18.2 Å². The molecule has 2 amide bonds. The summed E-state index contributed by atoms with van der Waals surface area (Å²) in [7, 11) is 0. The van der Waals surface area contributed by atoms with Gasteiger partial charge in [0.05, 0.1) is 28.9 Å². The minimum atomic E-state index is -1.64. The van der Waals surface area contributed by atoms with Crippen LogP contribution in [0.15, 0.2) is 41.4 Å². The summed E-state index contributed by atoms with van der Waals surface area (Å²) in [6, 6.07) is 5.02. The van der Waals surface area contributed by atoms with Crippen LogP contribution in [0.4, 0.5) is 13.2 Å². The number of nitrogens with one attached hydrogen (secondary N) is 1. The van der Waals surface area contributed by atoms with Crippen molar-refractivity contribution in [3.05, 3.63) is 64.0 Å². The molecule has 0 aliphatic carbocycles. The lowest BCUT2D eigenvalue weighted by atomic mass is 9.97. The lowest BCUT2D eigenvalue weighted by molar-refractivity contribution is -0.196. The van der Waals surface area contributed by atoms with E-state index in [1.807, 2.05) is 0 Å². The van der Waals surface area contributed by atoms with Crippen molar-refractivity contribution < 1.29 is 42.4 Å². The van der Waals surface area contributed by atoms with Gasteiger partial charge in [0.25, 0.3) is 0 Å². The Labute approximate surface area is 263 Å². The van der Waals surface area contributed by atoms with E-state index in [0.717, 1.165) is 23.9 Å². The SMILES string of the molecule is CC(=O)NC1CN(C(=O)CO[C@@H]2[C@@H](n3cc(-c4cc(F)c(F)c(F)c4)nn3)[C@@H](O)[C@@H](CO)O[C@@H]2Sc2ccc(Cl)c(Cl)c2)C1. The van der Waals surface area contributed by atoms with Gasteiger partial charge >= 0.3 is 0 Å². The molecule has 0 radical (unpaired) electrons. The molecule has 5 rings (SSSR count). The minimum absolute atomic E-state index is 0.0462. The number of aliphatic hydroxyl groups is 2. The number of amides is 2. The molecular formula is C27H26Cl2F3N5O6S. The Morgan fingerprint density at radius 3 is 2.50 bits per heavy atom. The average molecular weight is 677 g/mol.